The molecular formula is C18H23N3O. The maximum atomic E-state index is 12.8. The van der Waals surface area contributed by atoms with E-state index in [9.17, 15) is 4.79 Å². The Hall–Kier alpha value is -1.94. The van der Waals surface area contributed by atoms with Crippen LogP contribution in [0.15, 0.2) is 36.5 Å². The van der Waals surface area contributed by atoms with Gasteiger partial charge in [0.2, 0.25) is 0 Å². The summed E-state index contributed by atoms with van der Waals surface area (Å²) < 4.78 is 0. The zero-order valence-electron chi connectivity index (χ0n) is 13.2. The smallest absolute Gasteiger partial charge is 0.254 e. The van der Waals surface area contributed by atoms with E-state index >= 15 is 0 Å². The molecule has 0 saturated carbocycles. The fourth-order valence-corrected chi connectivity index (χ4v) is 3.18. The number of nitrogens with one attached hydrogen (secondary N) is 1. The first-order valence-electron chi connectivity index (χ1n) is 8.04. The number of fused-ring (bicyclic) bond motifs is 1. The molecule has 1 N–H and O–H groups in total. The number of nitrogens with zero attached hydrogens (tertiary/aromatic N) is 2. The van der Waals surface area contributed by atoms with Gasteiger partial charge in [-0.15, -0.1) is 0 Å². The summed E-state index contributed by atoms with van der Waals surface area (Å²) in [6.07, 6.45) is 3.81. The Bertz CT molecular complexity index is 655. The number of carbonyl (C=O) groups excluding carboxylic acids is 1. The molecule has 0 unspecified atom stereocenters. The third kappa shape index (κ3) is 3.12. The van der Waals surface area contributed by atoms with Crippen LogP contribution in [0.3, 0.4) is 0 Å². The number of amides is 1. The van der Waals surface area contributed by atoms with Crippen molar-refractivity contribution in [1.82, 2.24) is 15.2 Å². The summed E-state index contributed by atoms with van der Waals surface area (Å²) in [6, 6.07) is 10.7. The average molecular weight is 297 g/mol. The summed E-state index contributed by atoms with van der Waals surface area (Å²) in [6.45, 7) is 5.97. The van der Waals surface area contributed by atoms with Gasteiger partial charge >= 0.3 is 0 Å². The third-order valence-corrected chi connectivity index (χ3v) is 4.23. The second-order valence-corrected chi connectivity index (χ2v) is 6.26. The quantitative estimate of drug-likeness (QED) is 0.947. The molecular weight excluding hydrogens is 274 g/mol. The predicted molar refractivity (Wildman–Crippen MR) is 88.9 cm³/mol. The molecule has 4 heteroatoms. The van der Waals surface area contributed by atoms with Crippen LogP contribution in [0.5, 0.6) is 0 Å². The first-order chi connectivity index (χ1) is 10.6. The summed E-state index contributed by atoms with van der Waals surface area (Å²) in [5.41, 5.74) is 1.64. The van der Waals surface area contributed by atoms with Gasteiger partial charge in [-0.25, -0.2) is 0 Å². The topological polar surface area (TPSA) is 45.2 Å². The minimum atomic E-state index is 0.126. The minimum Gasteiger partial charge on any atom is -0.339 e. The van der Waals surface area contributed by atoms with Crippen LogP contribution < -0.4 is 5.32 Å². The van der Waals surface area contributed by atoms with Crippen LogP contribution >= 0.6 is 0 Å². The lowest BCUT2D eigenvalue weighted by Gasteiger charge is -2.33. The number of piperidine rings is 1. The van der Waals surface area contributed by atoms with Gasteiger partial charge in [0.15, 0.2) is 0 Å². The molecule has 1 amide bonds. The molecule has 1 aliphatic heterocycles. The van der Waals surface area contributed by atoms with Crippen molar-refractivity contribution in [3.05, 3.63) is 42.1 Å². The van der Waals surface area contributed by atoms with Crippen molar-refractivity contribution < 1.29 is 4.79 Å². The molecule has 1 aromatic heterocycles. The van der Waals surface area contributed by atoms with E-state index < -0.39 is 0 Å². The van der Waals surface area contributed by atoms with Crippen molar-refractivity contribution in [2.45, 2.75) is 38.8 Å². The van der Waals surface area contributed by atoms with E-state index in [0.717, 1.165) is 42.4 Å². The van der Waals surface area contributed by atoms with Gasteiger partial charge in [0.1, 0.15) is 0 Å². The lowest BCUT2D eigenvalue weighted by Crippen LogP contribution is -2.46. The fourth-order valence-electron chi connectivity index (χ4n) is 3.18. The molecule has 22 heavy (non-hydrogen) atoms. The fraction of sp³-hybridized carbons (Fsp3) is 0.444. The highest BCUT2D eigenvalue weighted by atomic mass is 16.2. The normalized spacial score (nSPS) is 16.4. The Labute approximate surface area is 131 Å². The van der Waals surface area contributed by atoms with Crippen LogP contribution in [0, 0.1) is 0 Å². The average Bonchev–Trinajstić information content (AvgIpc) is 2.54. The van der Waals surface area contributed by atoms with Gasteiger partial charge < -0.3 is 10.2 Å². The van der Waals surface area contributed by atoms with Gasteiger partial charge in [0.25, 0.3) is 5.91 Å². The van der Waals surface area contributed by atoms with E-state index in [0.29, 0.717) is 12.1 Å². The van der Waals surface area contributed by atoms with Crippen molar-refractivity contribution in [2.75, 3.05) is 13.1 Å². The van der Waals surface area contributed by atoms with Gasteiger partial charge in [0, 0.05) is 42.3 Å². The van der Waals surface area contributed by atoms with Crippen molar-refractivity contribution in [3.8, 4) is 0 Å². The summed E-state index contributed by atoms with van der Waals surface area (Å²) in [5, 5.41) is 4.50. The van der Waals surface area contributed by atoms with Crippen molar-refractivity contribution >= 4 is 16.8 Å². The van der Waals surface area contributed by atoms with Crippen LogP contribution in [0.25, 0.3) is 10.9 Å². The molecule has 2 aromatic rings. The zero-order chi connectivity index (χ0) is 15.5. The highest BCUT2D eigenvalue weighted by Crippen LogP contribution is 2.20. The largest absolute Gasteiger partial charge is 0.339 e. The molecule has 4 nitrogen and oxygen atoms in total. The van der Waals surface area contributed by atoms with E-state index in [1.165, 1.54) is 0 Å². The molecule has 1 fully saturated rings. The molecule has 1 aliphatic rings. The van der Waals surface area contributed by atoms with E-state index in [-0.39, 0.29) is 5.91 Å². The van der Waals surface area contributed by atoms with E-state index in [1.807, 2.05) is 35.2 Å². The first kappa shape index (κ1) is 15.0. The zero-order valence-corrected chi connectivity index (χ0v) is 13.2. The number of hydrogen-bond acceptors (Lipinski definition) is 3. The van der Waals surface area contributed by atoms with Crippen molar-refractivity contribution in [1.29, 1.82) is 0 Å². The molecule has 0 bridgehead atoms. The van der Waals surface area contributed by atoms with Gasteiger partial charge in [-0.2, -0.15) is 0 Å². The maximum absolute atomic E-state index is 12.8. The van der Waals surface area contributed by atoms with Gasteiger partial charge in [-0.3, -0.25) is 9.78 Å². The molecule has 0 atom stereocenters. The Morgan fingerprint density at radius 2 is 2.00 bits per heavy atom. The molecule has 2 heterocycles. The SMILES string of the molecule is CC(C)NC1CCN(C(=O)c2cccc3ncccc23)CC1. The monoisotopic (exact) mass is 297 g/mol. The number of aromatic nitrogens is 1. The minimum absolute atomic E-state index is 0.126. The maximum Gasteiger partial charge on any atom is 0.254 e. The first-order valence-corrected chi connectivity index (χ1v) is 8.04. The lowest BCUT2D eigenvalue weighted by molar-refractivity contribution is 0.0705. The molecule has 0 spiro atoms. The molecule has 3 rings (SSSR count). The van der Waals surface area contributed by atoms with E-state index in [1.54, 1.807) is 6.20 Å². The van der Waals surface area contributed by atoms with Crippen LogP contribution in [0.2, 0.25) is 0 Å². The Kier molecular flexibility index (Phi) is 4.39. The van der Waals surface area contributed by atoms with Crippen LogP contribution in [0.1, 0.15) is 37.0 Å². The second kappa shape index (κ2) is 6.44. The number of pyridine rings is 1. The summed E-state index contributed by atoms with van der Waals surface area (Å²) in [4.78, 5) is 19.1. The standard InChI is InChI=1S/C18H23N3O/c1-13(2)20-14-8-11-21(12-9-14)18(22)16-5-3-7-17-15(16)6-4-10-19-17/h3-7,10,13-14,20H,8-9,11-12H2,1-2H3. The number of benzene rings is 1. The highest BCUT2D eigenvalue weighted by molar-refractivity contribution is 6.06. The molecule has 116 valence electrons. The van der Waals surface area contributed by atoms with Crippen LogP contribution in [0.4, 0.5) is 0 Å². The number of likely N-dealkylation sites (tertiary alicyclic amines) is 1. The molecule has 1 saturated heterocycles. The van der Waals surface area contributed by atoms with Gasteiger partial charge in [-0.1, -0.05) is 26.0 Å². The number of rotatable bonds is 3. The van der Waals surface area contributed by atoms with Crippen LogP contribution in [-0.2, 0) is 0 Å². The Balaban J connectivity index is 1.74. The molecule has 0 radical (unpaired) electrons. The Morgan fingerprint density at radius 3 is 2.73 bits per heavy atom. The predicted octanol–water partition coefficient (Wildman–Crippen LogP) is 2.84. The summed E-state index contributed by atoms with van der Waals surface area (Å²) in [7, 11) is 0. The van der Waals surface area contributed by atoms with Gasteiger partial charge in [-0.05, 0) is 31.0 Å². The van der Waals surface area contributed by atoms with Crippen molar-refractivity contribution in [3.63, 3.8) is 0 Å². The molecule has 0 aliphatic carbocycles. The van der Waals surface area contributed by atoms with Gasteiger partial charge in [0.05, 0.1) is 5.52 Å². The lowest BCUT2D eigenvalue weighted by atomic mass is 10.0. The number of hydrogen-bond donors (Lipinski definition) is 1. The van der Waals surface area contributed by atoms with Crippen LogP contribution in [-0.4, -0.2) is 41.0 Å². The highest BCUT2D eigenvalue weighted by Gasteiger charge is 2.24. The Morgan fingerprint density at radius 1 is 1.23 bits per heavy atom. The molecule has 1 aromatic carbocycles. The summed E-state index contributed by atoms with van der Waals surface area (Å²) >= 11 is 0. The summed E-state index contributed by atoms with van der Waals surface area (Å²) in [5.74, 6) is 0.126. The van der Waals surface area contributed by atoms with Crippen molar-refractivity contribution in [2.24, 2.45) is 0 Å². The van der Waals surface area contributed by atoms with E-state index in [4.69, 9.17) is 0 Å². The third-order valence-electron chi connectivity index (χ3n) is 4.23. The van der Waals surface area contributed by atoms with E-state index in [2.05, 4.69) is 24.1 Å². The second-order valence-electron chi connectivity index (χ2n) is 6.26. The number of carbonyl (C=O) groups is 1.